The number of fused-ring (bicyclic) bond motifs is 2. The number of benzene rings is 3. The number of aryl methyl sites for hydroxylation is 2. The molecule has 47 heavy (non-hydrogen) atoms. The zero-order valence-electron chi connectivity index (χ0n) is 33.8. The Labute approximate surface area is 288 Å². The van der Waals surface area contributed by atoms with Crippen molar-refractivity contribution >= 4 is 23.0 Å². The summed E-state index contributed by atoms with van der Waals surface area (Å²) < 4.78 is 41.6. The Morgan fingerprint density at radius 3 is 1.94 bits per heavy atom. The van der Waals surface area contributed by atoms with Crippen molar-refractivity contribution in [2.75, 3.05) is 22.9 Å². The Kier molecular flexibility index (Phi) is 6.53. The van der Waals surface area contributed by atoms with Crippen LogP contribution in [0.3, 0.4) is 0 Å². The molecular weight excluding hydrogens is 573 g/mol. The van der Waals surface area contributed by atoms with Crippen LogP contribution >= 0.6 is 0 Å². The molecule has 0 atom stereocenters. The van der Waals surface area contributed by atoms with Crippen LogP contribution < -0.4 is 9.80 Å². The number of pyridine rings is 2. The minimum atomic E-state index is -0.392. The Hall–Kier alpha value is -4.44. The van der Waals surface area contributed by atoms with E-state index in [0.29, 0.717) is 5.56 Å². The standard InChI is InChI=1S/C43H48N4/c1-29-30(2)41(45-28-37(29)31-13-9-8-10-14-31)47-24-12-16-33-18-20-36(26-39(33)47)43(6,7)35-19-17-32-15-11-23-46(38(32)25-35)40-27-34(21-22-44-40)42(3,4)5/h8-10,13-14,17-22,25-28H,11-12,15-16,23-24H2,1-7H3/i8D,9D,10D,13D,14D. The molecule has 3 aromatic carbocycles. The first-order valence-corrected chi connectivity index (χ1v) is 16.9. The molecule has 2 aliphatic rings. The third kappa shape index (κ3) is 5.73. The van der Waals surface area contributed by atoms with Gasteiger partial charge in [0, 0.05) is 47.8 Å². The van der Waals surface area contributed by atoms with E-state index in [-0.39, 0.29) is 40.6 Å². The van der Waals surface area contributed by atoms with Gasteiger partial charge >= 0.3 is 0 Å². The van der Waals surface area contributed by atoms with Gasteiger partial charge in [-0.05, 0) is 114 Å². The smallest absolute Gasteiger partial charge is 0.136 e. The van der Waals surface area contributed by atoms with Crippen molar-refractivity contribution < 1.29 is 6.85 Å². The minimum Gasteiger partial charge on any atom is -0.326 e. The topological polar surface area (TPSA) is 32.3 Å². The second-order valence-electron chi connectivity index (χ2n) is 14.7. The molecule has 4 nitrogen and oxygen atoms in total. The predicted molar refractivity (Wildman–Crippen MR) is 198 cm³/mol. The van der Waals surface area contributed by atoms with E-state index in [1.54, 1.807) is 6.20 Å². The van der Waals surface area contributed by atoms with Crippen LogP contribution in [0.1, 0.15) is 93.3 Å². The molecular formula is C43H48N4. The van der Waals surface area contributed by atoms with E-state index in [0.717, 1.165) is 67.2 Å². The highest BCUT2D eigenvalue weighted by molar-refractivity contribution is 5.75. The molecule has 7 rings (SSSR count). The molecule has 0 bridgehead atoms. The molecule has 0 amide bonds. The number of anilines is 4. The Morgan fingerprint density at radius 2 is 1.30 bits per heavy atom. The lowest BCUT2D eigenvalue weighted by molar-refractivity contribution is 0.589. The van der Waals surface area contributed by atoms with Crippen LogP contribution in [-0.4, -0.2) is 23.1 Å². The molecule has 4 heterocycles. The summed E-state index contributed by atoms with van der Waals surface area (Å²) in [4.78, 5) is 14.5. The lowest BCUT2D eigenvalue weighted by Crippen LogP contribution is -2.29. The lowest BCUT2D eigenvalue weighted by Gasteiger charge is -2.36. The van der Waals surface area contributed by atoms with Crippen LogP contribution in [0.2, 0.25) is 0 Å². The van der Waals surface area contributed by atoms with E-state index in [1.807, 2.05) is 20.0 Å². The first-order chi connectivity index (χ1) is 24.6. The van der Waals surface area contributed by atoms with Crippen molar-refractivity contribution in [3.8, 4) is 11.1 Å². The summed E-state index contributed by atoms with van der Waals surface area (Å²) in [5.74, 6) is 1.84. The lowest BCUT2D eigenvalue weighted by atomic mass is 9.76. The van der Waals surface area contributed by atoms with Crippen LogP contribution in [0.25, 0.3) is 11.1 Å². The van der Waals surface area contributed by atoms with Crippen molar-refractivity contribution in [3.63, 3.8) is 0 Å². The van der Waals surface area contributed by atoms with E-state index in [2.05, 4.69) is 92.9 Å². The van der Waals surface area contributed by atoms with E-state index in [9.17, 15) is 0 Å². The van der Waals surface area contributed by atoms with Crippen LogP contribution in [0.15, 0.2) is 91.1 Å². The van der Waals surface area contributed by atoms with Crippen LogP contribution in [0.4, 0.5) is 23.0 Å². The summed E-state index contributed by atoms with van der Waals surface area (Å²) in [6.45, 7) is 17.1. The molecule has 4 heteroatoms. The van der Waals surface area contributed by atoms with Crippen molar-refractivity contribution in [1.82, 2.24) is 9.97 Å². The predicted octanol–water partition coefficient (Wildman–Crippen LogP) is 10.6. The Bertz CT molecular complexity index is 2190. The maximum Gasteiger partial charge on any atom is 0.136 e. The highest BCUT2D eigenvalue weighted by atomic mass is 15.2. The molecule has 0 spiro atoms. The van der Waals surface area contributed by atoms with E-state index < -0.39 is 6.04 Å². The van der Waals surface area contributed by atoms with Gasteiger partial charge in [0.1, 0.15) is 11.6 Å². The van der Waals surface area contributed by atoms with Crippen LogP contribution in [-0.2, 0) is 23.7 Å². The highest BCUT2D eigenvalue weighted by Gasteiger charge is 2.30. The molecule has 0 saturated carbocycles. The zero-order valence-corrected chi connectivity index (χ0v) is 28.8. The van der Waals surface area contributed by atoms with Gasteiger partial charge in [0.2, 0.25) is 0 Å². The Balaban J connectivity index is 1.26. The summed E-state index contributed by atoms with van der Waals surface area (Å²) in [5.41, 5.74) is 11.1. The fourth-order valence-corrected chi connectivity index (χ4v) is 7.18. The summed E-state index contributed by atoms with van der Waals surface area (Å²) >= 11 is 0. The molecule has 0 saturated heterocycles. The fourth-order valence-electron chi connectivity index (χ4n) is 7.18. The number of aromatic nitrogens is 2. The van der Waals surface area contributed by atoms with E-state index in [1.165, 1.54) is 33.5 Å². The minimum absolute atomic E-state index is 0.0413. The fraction of sp³-hybridized carbons (Fsp3) is 0.349. The van der Waals surface area contributed by atoms with Gasteiger partial charge in [-0.25, -0.2) is 9.97 Å². The SMILES string of the molecule is [2H]c1c([2H])c([2H])c(-c2cnc(N3CCCc4ccc(C(C)(C)c5ccc6c(c5)N(c5cc(C(C)(C)C)ccn5)CCC6)cc43)c(C)c2C)c([2H])c1[2H]. The largest absolute Gasteiger partial charge is 0.326 e. The van der Waals surface area contributed by atoms with Gasteiger partial charge in [-0.15, -0.1) is 0 Å². The normalized spacial score (nSPS) is 16.4. The zero-order chi connectivity index (χ0) is 37.3. The quantitative estimate of drug-likeness (QED) is 0.195. The summed E-state index contributed by atoms with van der Waals surface area (Å²) in [7, 11) is 0. The molecule has 0 radical (unpaired) electrons. The number of hydrogen-bond donors (Lipinski definition) is 0. The van der Waals surface area contributed by atoms with Crippen molar-refractivity contribution in [3.05, 3.63) is 130 Å². The molecule has 0 unspecified atom stereocenters. The maximum absolute atomic E-state index is 8.56. The molecule has 2 aromatic heterocycles. The third-order valence-corrected chi connectivity index (χ3v) is 10.4. The number of hydrogen-bond acceptors (Lipinski definition) is 4. The van der Waals surface area contributed by atoms with Gasteiger partial charge in [-0.1, -0.05) is 89.1 Å². The highest BCUT2D eigenvalue weighted by Crippen LogP contribution is 2.43. The Morgan fingerprint density at radius 1 is 0.681 bits per heavy atom. The van der Waals surface area contributed by atoms with Crippen molar-refractivity contribution in [2.24, 2.45) is 0 Å². The van der Waals surface area contributed by atoms with Crippen molar-refractivity contribution in [1.29, 1.82) is 0 Å². The van der Waals surface area contributed by atoms with Gasteiger partial charge in [-0.3, -0.25) is 0 Å². The number of rotatable bonds is 5. The molecule has 2 aliphatic heterocycles. The van der Waals surface area contributed by atoms with Gasteiger partial charge < -0.3 is 9.80 Å². The average molecular weight is 626 g/mol. The molecule has 0 N–H and O–H groups in total. The molecule has 0 fully saturated rings. The summed E-state index contributed by atoms with van der Waals surface area (Å²) in [5, 5.41) is 0. The maximum atomic E-state index is 8.56. The first-order valence-electron chi connectivity index (χ1n) is 19.4. The van der Waals surface area contributed by atoms with Crippen LogP contribution in [0.5, 0.6) is 0 Å². The summed E-state index contributed by atoms with van der Waals surface area (Å²) in [6, 6.07) is 16.8. The second-order valence-corrected chi connectivity index (χ2v) is 14.7. The second kappa shape index (κ2) is 12.0. The molecule has 0 aliphatic carbocycles. The van der Waals surface area contributed by atoms with Gasteiger partial charge in [0.15, 0.2) is 0 Å². The average Bonchev–Trinajstić information content (AvgIpc) is 3.13. The molecule has 240 valence electrons. The number of nitrogens with zero attached hydrogens (tertiary/aromatic N) is 4. The van der Waals surface area contributed by atoms with Gasteiger partial charge in [0.25, 0.3) is 0 Å². The van der Waals surface area contributed by atoms with Crippen molar-refractivity contribution in [2.45, 2.75) is 85.0 Å². The van der Waals surface area contributed by atoms with E-state index >= 15 is 0 Å². The summed E-state index contributed by atoms with van der Waals surface area (Å²) in [6.07, 6.45) is 7.75. The third-order valence-electron chi connectivity index (χ3n) is 10.4. The van der Waals surface area contributed by atoms with E-state index in [4.69, 9.17) is 16.8 Å². The van der Waals surface area contributed by atoms with Gasteiger partial charge in [-0.2, -0.15) is 0 Å². The monoisotopic (exact) mass is 625 g/mol. The molecule has 5 aromatic rings. The van der Waals surface area contributed by atoms with Crippen LogP contribution in [0, 0.1) is 13.8 Å². The first kappa shape index (κ1) is 25.6. The van der Waals surface area contributed by atoms with Gasteiger partial charge in [0.05, 0.1) is 6.85 Å².